The molecule has 1 unspecified atom stereocenters. The van der Waals surface area contributed by atoms with E-state index >= 15 is 0 Å². The zero-order valence-electron chi connectivity index (χ0n) is 24.0. The third-order valence-electron chi connectivity index (χ3n) is 7.04. The second-order valence-corrected chi connectivity index (χ2v) is 11.4. The van der Waals surface area contributed by atoms with Gasteiger partial charge in [0.05, 0.1) is 29.5 Å². The number of hydrogen-bond acceptors (Lipinski definition) is 8. The molecular weight excluding hydrogens is 534 g/mol. The van der Waals surface area contributed by atoms with Crippen LogP contribution in [-0.2, 0) is 17.9 Å². The van der Waals surface area contributed by atoms with Gasteiger partial charge in [0.25, 0.3) is 0 Å². The van der Waals surface area contributed by atoms with Gasteiger partial charge >= 0.3 is 0 Å². The molecule has 5 heterocycles. The molecule has 1 aliphatic rings. The molecule has 0 bridgehead atoms. The maximum atomic E-state index is 9.97. The maximum absolute atomic E-state index is 9.97. The minimum Gasteiger partial charge on any atom is -0.329 e. The summed E-state index contributed by atoms with van der Waals surface area (Å²) >= 11 is 1.48. The van der Waals surface area contributed by atoms with E-state index in [1.165, 1.54) is 24.4 Å². The van der Waals surface area contributed by atoms with Gasteiger partial charge in [0, 0.05) is 43.3 Å². The number of fused-ring (bicyclic) bond motifs is 1. The number of carbonyl (C=O) groups is 1. The smallest absolute Gasteiger partial charge is 0.211 e. The summed E-state index contributed by atoms with van der Waals surface area (Å²) in [4.78, 5) is 21.8. The molecule has 41 heavy (non-hydrogen) atoms. The van der Waals surface area contributed by atoms with Crippen molar-refractivity contribution in [3.05, 3.63) is 72.1 Å². The van der Waals surface area contributed by atoms with Gasteiger partial charge in [-0.25, -0.2) is 9.97 Å². The summed E-state index contributed by atoms with van der Waals surface area (Å²) in [5.41, 5.74) is 6.87. The molecule has 4 aromatic heterocycles. The molecule has 1 aliphatic heterocycles. The summed E-state index contributed by atoms with van der Waals surface area (Å²) in [5.74, 6) is 1.52. The first-order chi connectivity index (χ1) is 19.9. The number of piperidine rings is 1. The van der Waals surface area contributed by atoms with E-state index in [4.69, 9.17) is 4.98 Å². The minimum absolute atomic E-state index is 0.675. The highest BCUT2D eigenvalue weighted by molar-refractivity contribution is 7.10. The van der Waals surface area contributed by atoms with Crippen molar-refractivity contribution in [2.24, 2.45) is 5.92 Å². The van der Waals surface area contributed by atoms with Crippen LogP contribution in [0.15, 0.2) is 55.1 Å². The Bertz CT molecular complexity index is 1600. The monoisotopic (exact) mass is 571 g/mol. The zero-order valence-corrected chi connectivity index (χ0v) is 24.9. The van der Waals surface area contributed by atoms with Crippen molar-refractivity contribution in [1.82, 2.24) is 33.4 Å². The van der Waals surface area contributed by atoms with Crippen LogP contribution in [-0.4, -0.2) is 52.9 Å². The van der Waals surface area contributed by atoms with E-state index in [-0.39, 0.29) is 0 Å². The number of nitrogens with zero attached hydrogens (tertiary/aromatic N) is 7. The summed E-state index contributed by atoms with van der Waals surface area (Å²) < 4.78 is 8.67. The highest BCUT2D eigenvalue weighted by Crippen LogP contribution is 2.28. The van der Waals surface area contributed by atoms with Gasteiger partial charge in [-0.1, -0.05) is 19.1 Å². The number of rotatable bonds is 8. The van der Waals surface area contributed by atoms with Crippen LogP contribution in [0.1, 0.15) is 43.6 Å². The van der Waals surface area contributed by atoms with E-state index < -0.39 is 0 Å². The summed E-state index contributed by atoms with van der Waals surface area (Å²) in [6.45, 7) is 12.5. The molecule has 2 N–H and O–H groups in total. The van der Waals surface area contributed by atoms with Crippen molar-refractivity contribution < 1.29 is 4.79 Å². The molecule has 1 saturated heterocycles. The van der Waals surface area contributed by atoms with Crippen molar-refractivity contribution in [2.75, 3.05) is 23.7 Å². The predicted octanol–water partition coefficient (Wildman–Crippen LogP) is 5.92. The average molecular weight is 572 g/mol. The Morgan fingerprint density at radius 1 is 1.17 bits per heavy atom. The van der Waals surface area contributed by atoms with Crippen LogP contribution in [0.3, 0.4) is 0 Å². The van der Waals surface area contributed by atoms with E-state index in [9.17, 15) is 4.79 Å². The predicted molar refractivity (Wildman–Crippen MR) is 165 cm³/mol. The van der Waals surface area contributed by atoms with Crippen LogP contribution in [0.25, 0.3) is 16.9 Å². The molecule has 1 atom stereocenters. The lowest BCUT2D eigenvalue weighted by atomic mass is 10.0. The normalized spacial score (nSPS) is 15.4. The molecule has 214 valence electrons. The fourth-order valence-electron chi connectivity index (χ4n) is 5.10. The number of likely N-dealkylation sites (tertiary alicyclic amines) is 1. The van der Waals surface area contributed by atoms with E-state index in [1.807, 2.05) is 67.6 Å². The number of anilines is 3. The Labute approximate surface area is 244 Å². The number of benzene rings is 1. The molecule has 1 aromatic carbocycles. The molecule has 11 heteroatoms. The van der Waals surface area contributed by atoms with Gasteiger partial charge < -0.3 is 10.6 Å². The second-order valence-electron chi connectivity index (χ2n) is 10.6. The number of aryl methyl sites for hydroxylation is 3. The first kappa shape index (κ1) is 28.4. The van der Waals surface area contributed by atoms with E-state index in [2.05, 4.69) is 54.3 Å². The second kappa shape index (κ2) is 13.0. The largest absolute Gasteiger partial charge is 0.329 e. The fraction of sp³-hybridized carbons (Fsp3) is 0.367. The number of amides is 1. The lowest BCUT2D eigenvalue weighted by Crippen LogP contribution is -2.33. The van der Waals surface area contributed by atoms with Crippen molar-refractivity contribution in [2.45, 2.75) is 53.6 Å². The van der Waals surface area contributed by atoms with Crippen molar-refractivity contribution in [1.29, 1.82) is 0 Å². The zero-order chi connectivity index (χ0) is 28.8. The Balaban J connectivity index is 0.000000287. The summed E-state index contributed by atoms with van der Waals surface area (Å²) in [6, 6.07) is 9.78. The molecule has 1 fully saturated rings. The number of imidazole rings is 1. The SMILES string of the molecule is CCn1cc(-c2cnc3c(Nc4cc(CN5CCCC(C)C5)ns4)nc(C)cn23)cn1.Cc1cccc(NC=O)c1. The van der Waals surface area contributed by atoms with Crippen LogP contribution in [0, 0.1) is 19.8 Å². The lowest BCUT2D eigenvalue weighted by molar-refractivity contribution is -0.105. The van der Waals surface area contributed by atoms with Gasteiger partial charge in [-0.2, -0.15) is 9.47 Å². The van der Waals surface area contributed by atoms with Crippen molar-refractivity contribution >= 4 is 40.1 Å². The summed E-state index contributed by atoms with van der Waals surface area (Å²) in [7, 11) is 0. The van der Waals surface area contributed by atoms with Crippen LogP contribution in [0.4, 0.5) is 16.5 Å². The average Bonchev–Trinajstić information content (AvgIpc) is 3.69. The number of nitrogens with one attached hydrogen (secondary N) is 2. The molecule has 0 radical (unpaired) electrons. The van der Waals surface area contributed by atoms with Crippen LogP contribution < -0.4 is 10.6 Å². The lowest BCUT2D eigenvalue weighted by Gasteiger charge is -2.30. The number of aromatic nitrogens is 6. The van der Waals surface area contributed by atoms with Gasteiger partial charge in [-0.05, 0) is 81.4 Å². The van der Waals surface area contributed by atoms with Crippen LogP contribution >= 0.6 is 11.5 Å². The first-order valence-corrected chi connectivity index (χ1v) is 14.8. The van der Waals surface area contributed by atoms with Gasteiger partial charge in [0.1, 0.15) is 5.00 Å². The molecular formula is C30H37N9OS. The van der Waals surface area contributed by atoms with E-state index in [0.717, 1.165) is 82.5 Å². The quantitative estimate of drug-likeness (QED) is 0.223. The highest BCUT2D eigenvalue weighted by atomic mass is 32.1. The summed E-state index contributed by atoms with van der Waals surface area (Å²) in [6.07, 6.45) is 11.1. The van der Waals surface area contributed by atoms with Crippen LogP contribution in [0.5, 0.6) is 0 Å². The molecule has 1 amide bonds. The Hall–Kier alpha value is -4.09. The van der Waals surface area contributed by atoms with E-state index in [0.29, 0.717) is 6.41 Å². The number of hydrogen-bond donors (Lipinski definition) is 2. The maximum Gasteiger partial charge on any atom is 0.211 e. The Morgan fingerprint density at radius 2 is 2.05 bits per heavy atom. The van der Waals surface area contributed by atoms with Gasteiger partial charge in [-0.15, -0.1) is 0 Å². The minimum atomic E-state index is 0.675. The topological polar surface area (TPSA) is 105 Å². The fourth-order valence-corrected chi connectivity index (χ4v) is 5.76. The van der Waals surface area contributed by atoms with Crippen molar-refractivity contribution in [3.63, 3.8) is 0 Å². The first-order valence-electron chi connectivity index (χ1n) is 14.0. The van der Waals surface area contributed by atoms with E-state index in [1.54, 1.807) is 0 Å². The Morgan fingerprint density at radius 3 is 2.80 bits per heavy atom. The third kappa shape index (κ3) is 7.17. The molecule has 5 aromatic rings. The Kier molecular flexibility index (Phi) is 9.05. The standard InChI is InChI=1S/C22H28N8S.C8H9NO/c1-4-29-13-17(9-24-29)19-10-23-22-21(25-16(3)12-30(19)22)26-20-8-18(27-31-20)14-28-7-5-6-15(2)11-28;1-7-3-2-4-8(5-7)9-6-10/h8-10,12-13,15H,4-7,11,14H2,1-3H3,(H,25,26);2-6H,1H3,(H,9,10). The van der Waals surface area contributed by atoms with Crippen molar-refractivity contribution in [3.8, 4) is 11.3 Å². The molecule has 6 rings (SSSR count). The highest BCUT2D eigenvalue weighted by Gasteiger charge is 2.18. The van der Waals surface area contributed by atoms with Gasteiger partial charge in [0.2, 0.25) is 6.41 Å². The van der Waals surface area contributed by atoms with Gasteiger partial charge in [-0.3, -0.25) is 18.8 Å². The number of carbonyl (C=O) groups excluding carboxylic acids is 1. The molecule has 0 spiro atoms. The molecule has 10 nitrogen and oxygen atoms in total. The third-order valence-corrected chi connectivity index (χ3v) is 7.78. The summed E-state index contributed by atoms with van der Waals surface area (Å²) in [5, 5.41) is 11.4. The van der Waals surface area contributed by atoms with Crippen LogP contribution in [0.2, 0.25) is 0 Å². The van der Waals surface area contributed by atoms with Gasteiger partial charge in [0.15, 0.2) is 11.5 Å². The molecule has 0 saturated carbocycles. The molecule has 0 aliphatic carbocycles.